The maximum atomic E-state index is 13.6. The summed E-state index contributed by atoms with van der Waals surface area (Å²) < 4.78 is 54.3. The van der Waals surface area contributed by atoms with Crippen LogP contribution in [0.25, 0.3) is 0 Å². The summed E-state index contributed by atoms with van der Waals surface area (Å²) in [7, 11) is 0. The molecule has 3 aromatic rings. The monoisotopic (exact) mass is 462 g/mol. The smallest absolute Gasteiger partial charge is 0.324 e. The number of fused-ring (bicyclic) bond motifs is 1. The van der Waals surface area contributed by atoms with E-state index in [0.717, 1.165) is 17.0 Å². The Hall–Kier alpha value is -3.39. The van der Waals surface area contributed by atoms with Crippen molar-refractivity contribution in [2.45, 2.75) is 12.2 Å². The number of nitrogens with zero attached hydrogens (tertiary/aromatic N) is 1. The molecule has 164 valence electrons. The van der Waals surface area contributed by atoms with Crippen LogP contribution in [0.2, 0.25) is 5.02 Å². The van der Waals surface area contributed by atoms with Crippen molar-refractivity contribution in [2.24, 2.45) is 0 Å². The van der Waals surface area contributed by atoms with Crippen LogP contribution in [-0.2, 0) is 11.0 Å². The lowest BCUT2D eigenvalue weighted by Crippen LogP contribution is -2.39. The molecule has 1 aliphatic heterocycles. The molecule has 1 unspecified atom stereocenters. The third-order valence-corrected chi connectivity index (χ3v) is 5.35. The number of anilines is 1. The number of benzene rings is 3. The summed E-state index contributed by atoms with van der Waals surface area (Å²) in [5.41, 5.74) is -0.547. The summed E-state index contributed by atoms with van der Waals surface area (Å²) in [6.07, 6.45) is -4.77. The Morgan fingerprint density at radius 1 is 1.03 bits per heavy atom. The molecule has 3 aromatic carbocycles. The van der Waals surface area contributed by atoms with Gasteiger partial charge in [-0.2, -0.15) is 13.2 Å². The molecule has 0 radical (unpaired) electrons. The van der Waals surface area contributed by atoms with Crippen molar-refractivity contribution >= 4 is 29.1 Å². The average Bonchev–Trinajstić information content (AvgIpc) is 2.89. The first kappa shape index (κ1) is 21.8. The lowest BCUT2D eigenvalue weighted by atomic mass is 9.94. The predicted octanol–water partition coefficient (Wildman–Crippen LogP) is 5.68. The highest BCUT2D eigenvalue weighted by Crippen LogP contribution is 2.39. The highest BCUT2D eigenvalue weighted by molar-refractivity contribution is 6.30. The van der Waals surface area contributed by atoms with E-state index in [1.165, 1.54) is 42.5 Å². The second kappa shape index (κ2) is 8.27. The SMILES string of the molecule is O=C1CN(C(=O)c2ccccc2C(F)(F)F)C(c2ccc(F)cc2)c2cc(Cl)ccc2N1. The topological polar surface area (TPSA) is 49.4 Å². The van der Waals surface area contributed by atoms with Gasteiger partial charge in [0.2, 0.25) is 5.91 Å². The van der Waals surface area contributed by atoms with E-state index in [-0.39, 0.29) is 0 Å². The second-order valence-corrected chi connectivity index (χ2v) is 7.65. The van der Waals surface area contributed by atoms with Gasteiger partial charge in [-0.3, -0.25) is 9.59 Å². The Morgan fingerprint density at radius 2 is 1.72 bits per heavy atom. The minimum atomic E-state index is -4.77. The molecule has 0 aromatic heterocycles. The van der Waals surface area contributed by atoms with E-state index in [2.05, 4.69) is 5.32 Å². The van der Waals surface area contributed by atoms with Crippen LogP contribution in [0.15, 0.2) is 66.7 Å². The predicted molar refractivity (Wildman–Crippen MR) is 111 cm³/mol. The van der Waals surface area contributed by atoms with Crippen LogP contribution in [0, 0.1) is 5.82 Å². The van der Waals surface area contributed by atoms with Gasteiger partial charge in [0, 0.05) is 16.3 Å². The van der Waals surface area contributed by atoms with Gasteiger partial charge in [-0.05, 0) is 48.0 Å². The number of amides is 2. The summed E-state index contributed by atoms with van der Waals surface area (Å²) >= 11 is 6.15. The van der Waals surface area contributed by atoms with Gasteiger partial charge in [0.1, 0.15) is 12.4 Å². The fourth-order valence-corrected chi connectivity index (χ4v) is 3.92. The van der Waals surface area contributed by atoms with Crippen molar-refractivity contribution in [3.05, 3.63) is 99.8 Å². The van der Waals surface area contributed by atoms with E-state index in [9.17, 15) is 27.2 Å². The van der Waals surface area contributed by atoms with Crippen LogP contribution < -0.4 is 5.32 Å². The molecule has 4 rings (SSSR count). The van der Waals surface area contributed by atoms with Gasteiger partial charge in [0.15, 0.2) is 0 Å². The maximum absolute atomic E-state index is 13.6. The fraction of sp³-hybridized carbons (Fsp3) is 0.130. The van der Waals surface area contributed by atoms with E-state index in [1.54, 1.807) is 12.1 Å². The van der Waals surface area contributed by atoms with Crippen molar-refractivity contribution in [2.75, 3.05) is 11.9 Å². The molecule has 1 heterocycles. The molecule has 32 heavy (non-hydrogen) atoms. The molecule has 0 aliphatic carbocycles. The molecule has 9 heteroatoms. The molecule has 2 amide bonds. The molecular formula is C23H15ClF4N2O2. The van der Waals surface area contributed by atoms with Crippen LogP contribution >= 0.6 is 11.6 Å². The largest absolute Gasteiger partial charge is 0.417 e. The van der Waals surface area contributed by atoms with Crippen molar-refractivity contribution in [3.63, 3.8) is 0 Å². The number of rotatable bonds is 2. The number of carbonyl (C=O) groups is 2. The Morgan fingerprint density at radius 3 is 2.41 bits per heavy atom. The summed E-state index contributed by atoms with van der Waals surface area (Å²) in [6, 6.07) is 13.2. The molecule has 1 atom stereocenters. The van der Waals surface area contributed by atoms with Crippen molar-refractivity contribution in [3.8, 4) is 0 Å². The number of alkyl halides is 3. The van der Waals surface area contributed by atoms with Crippen molar-refractivity contribution < 1.29 is 27.2 Å². The number of nitrogens with one attached hydrogen (secondary N) is 1. The molecule has 4 nitrogen and oxygen atoms in total. The summed E-state index contributed by atoms with van der Waals surface area (Å²) in [5, 5.41) is 2.96. The zero-order chi connectivity index (χ0) is 23.0. The Balaban J connectivity index is 1.92. The van der Waals surface area contributed by atoms with E-state index < -0.39 is 47.5 Å². The van der Waals surface area contributed by atoms with E-state index >= 15 is 0 Å². The maximum Gasteiger partial charge on any atom is 0.417 e. The van der Waals surface area contributed by atoms with Crippen LogP contribution in [0.5, 0.6) is 0 Å². The lowest BCUT2D eigenvalue weighted by Gasteiger charge is -2.31. The fourth-order valence-electron chi connectivity index (χ4n) is 3.74. The quantitative estimate of drug-likeness (QED) is 0.498. The summed E-state index contributed by atoms with van der Waals surface area (Å²) in [5.74, 6) is -2.10. The van der Waals surface area contributed by atoms with Gasteiger partial charge in [-0.15, -0.1) is 0 Å². The Bertz CT molecular complexity index is 1200. The van der Waals surface area contributed by atoms with Gasteiger partial charge >= 0.3 is 6.18 Å². The zero-order valence-electron chi connectivity index (χ0n) is 16.3. The van der Waals surface area contributed by atoms with Gasteiger partial charge in [0.05, 0.1) is 17.2 Å². The summed E-state index contributed by atoms with van der Waals surface area (Å²) in [4.78, 5) is 27.1. The molecule has 0 saturated carbocycles. The molecule has 1 N–H and O–H groups in total. The van der Waals surface area contributed by atoms with Gasteiger partial charge in [-0.1, -0.05) is 35.9 Å². The van der Waals surface area contributed by atoms with Gasteiger partial charge in [-0.25, -0.2) is 4.39 Å². The minimum absolute atomic E-state index is 0.301. The van der Waals surface area contributed by atoms with Crippen molar-refractivity contribution in [1.29, 1.82) is 0 Å². The van der Waals surface area contributed by atoms with E-state index in [4.69, 9.17) is 11.6 Å². The van der Waals surface area contributed by atoms with Crippen LogP contribution in [0.1, 0.15) is 33.1 Å². The number of hydrogen-bond donors (Lipinski definition) is 1. The lowest BCUT2D eigenvalue weighted by molar-refractivity contribution is -0.138. The molecule has 0 fully saturated rings. The highest BCUT2D eigenvalue weighted by atomic mass is 35.5. The molecule has 1 aliphatic rings. The second-order valence-electron chi connectivity index (χ2n) is 7.21. The van der Waals surface area contributed by atoms with E-state index in [1.807, 2.05) is 0 Å². The molecule has 0 bridgehead atoms. The first-order valence-corrected chi connectivity index (χ1v) is 9.85. The Kier molecular flexibility index (Phi) is 5.64. The van der Waals surface area contributed by atoms with Crippen LogP contribution in [0.3, 0.4) is 0 Å². The standard InChI is InChI=1S/C23H15ClF4N2O2/c24-14-7-10-19-17(11-14)21(13-5-8-15(25)9-6-13)30(12-20(31)29-19)22(32)16-3-1-2-4-18(16)23(26,27)28/h1-11,21H,12H2,(H,29,31). The zero-order valence-corrected chi connectivity index (χ0v) is 17.0. The minimum Gasteiger partial charge on any atom is -0.324 e. The normalized spacial score (nSPS) is 16.2. The number of carbonyl (C=O) groups excluding carboxylic acids is 2. The number of hydrogen-bond acceptors (Lipinski definition) is 2. The van der Waals surface area contributed by atoms with E-state index in [0.29, 0.717) is 21.8 Å². The van der Waals surface area contributed by atoms with Gasteiger partial charge < -0.3 is 10.2 Å². The third-order valence-electron chi connectivity index (χ3n) is 5.12. The Labute approximate surface area is 185 Å². The first-order valence-electron chi connectivity index (χ1n) is 9.47. The molecular weight excluding hydrogens is 448 g/mol. The highest BCUT2D eigenvalue weighted by Gasteiger charge is 2.39. The average molecular weight is 463 g/mol. The van der Waals surface area contributed by atoms with Crippen LogP contribution in [-0.4, -0.2) is 23.3 Å². The number of halogens is 5. The third kappa shape index (κ3) is 4.18. The first-order chi connectivity index (χ1) is 15.1. The van der Waals surface area contributed by atoms with Gasteiger partial charge in [0.25, 0.3) is 5.91 Å². The molecule has 0 saturated heterocycles. The van der Waals surface area contributed by atoms with Crippen LogP contribution in [0.4, 0.5) is 23.2 Å². The summed E-state index contributed by atoms with van der Waals surface area (Å²) in [6.45, 7) is -0.515. The van der Waals surface area contributed by atoms with Crippen molar-refractivity contribution in [1.82, 2.24) is 4.90 Å². The molecule has 0 spiro atoms.